The van der Waals surface area contributed by atoms with E-state index >= 15 is 0 Å². The molecule has 1 aromatic heterocycles. The number of rotatable bonds is 4. The minimum atomic E-state index is 0.275. The predicted molar refractivity (Wildman–Crippen MR) is 74.1 cm³/mol. The van der Waals surface area contributed by atoms with Crippen LogP contribution in [0.4, 0.5) is 0 Å². The zero-order valence-electron chi connectivity index (χ0n) is 9.56. The number of benzene rings is 1. The molecule has 1 N–H and O–H groups in total. The second kappa shape index (κ2) is 5.61. The van der Waals surface area contributed by atoms with Gasteiger partial charge in [0.1, 0.15) is 10.8 Å². The fourth-order valence-electron chi connectivity index (χ4n) is 1.63. The maximum absolute atomic E-state index is 9.53. The van der Waals surface area contributed by atoms with Gasteiger partial charge in [-0.2, -0.15) is 0 Å². The summed E-state index contributed by atoms with van der Waals surface area (Å²) in [6.07, 6.45) is 2.75. The lowest BCUT2D eigenvalue weighted by molar-refractivity contribution is 0.476. The third kappa shape index (κ3) is 3.05. The topological polar surface area (TPSA) is 33.1 Å². The Hall–Kier alpha value is -0.930. The Morgan fingerprint density at radius 3 is 3.00 bits per heavy atom. The summed E-state index contributed by atoms with van der Waals surface area (Å²) in [7, 11) is 0. The molecule has 0 aliphatic rings. The number of hydrogen-bond donors (Lipinski definition) is 1. The van der Waals surface area contributed by atoms with Crippen LogP contribution in [-0.4, -0.2) is 21.2 Å². The van der Waals surface area contributed by atoms with Gasteiger partial charge in [-0.3, -0.25) is 0 Å². The lowest BCUT2D eigenvalue weighted by atomic mass is 10.2. The van der Waals surface area contributed by atoms with Gasteiger partial charge in [0.25, 0.3) is 0 Å². The van der Waals surface area contributed by atoms with Crippen molar-refractivity contribution in [1.29, 1.82) is 0 Å². The number of fused-ring (bicyclic) bond motifs is 1. The summed E-state index contributed by atoms with van der Waals surface area (Å²) < 4.78 is 0. The highest BCUT2D eigenvalue weighted by Crippen LogP contribution is 2.31. The Labute approximate surface area is 110 Å². The molecule has 1 atom stereocenters. The number of alkyl halides is 1. The van der Waals surface area contributed by atoms with Crippen LogP contribution < -0.4 is 0 Å². The lowest BCUT2D eigenvalue weighted by Crippen LogP contribution is -1.97. The van der Waals surface area contributed by atoms with Crippen LogP contribution in [0.25, 0.3) is 10.8 Å². The first kappa shape index (κ1) is 12.5. The van der Waals surface area contributed by atoms with Gasteiger partial charge in [-0.15, -0.1) is 23.4 Å². The van der Waals surface area contributed by atoms with Crippen LogP contribution in [0.2, 0.25) is 0 Å². The summed E-state index contributed by atoms with van der Waals surface area (Å²) >= 11 is 7.43. The number of hydrogen-bond acceptors (Lipinski definition) is 3. The van der Waals surface area contributed by atoms with Crippen molar-refractivity contribution in [2.24, 2.45) is 0 Å². The van der Waals surface area contributed by atoms with Gasteiger partial charge in [0.2, 0.25) is 0 Å². The van der Waals surface area contributed by atoms with E-state index in [-0.39, 0.29) is 5.75 Å². The Kier molecular flexibility index (Phi) is 4.13. The summed E-state index contributed by atoms with van der Waals surface area (Å²) in [5, 5.41) is 13.0. The average molecular weight is 268 g/mol. The van der Waals surface area contributed by atoms with E-state index in [9.17, 15) is 5.11 Å². The molecule has 1 aromatic carbocycles. The summed E-state index contributed by atoms with van der Waals surface area (Å²) in [6.45, 7) is 2.14. The number of aromatic hydroxyl groups is 1. The standard InChI is InChI=1S/C13H14ClNOS/c1-9(4-6-14)17-13-12-8-11(16)3-2-10(12)5-7-15-13/h2-3,5,7-9,16H,4,6H2,1H3. The molecule has 0 aliphatic heterocycles. The van der Waals surface area contributed by atoms with Gasteiger partial charge in [-0.25, -0.2) is 4.98 Å². The van der Waals surface area contributed by atoms with Crippen LogP contribution in [0.1, 0.15) is 13.3 Å². The third-order valence-corrected chi connectivity index (χ3v) is 3.95. The quantitative estimate of drug-likeness (QED) is 0.670. The first-order valence-corrected chi connectivity index (χ1v) is 6.92. The van der Waals surface area contributed by atoms with E-state index in [1.54, 1.807) is 30.1 Å². The second-order valence-electron chi connectivity index (χ2n) is 3.93. The molecule has 0 amide bonds. The van der Waals surface area contributed by atoms with Gasteiger partial charge < -0.3 is 5.11 Å². The Morgan fingerprint density at radius 2 is 2.24 bits per heavy atom. The maximum atomic E-state index is 9.53. The number of thioether (sulfide) groups is 1. The van der Waals surface area contributed by atoms with Crippen LogP contribution >= 0.6 is 23.4 Å². The number of halogens is 1. The van der Waals surface area contributed by atoms with Crippen LogP contribution in [0.15, 0.2) is 35.5 Å². The molecule has 0 aliphatic carbocycles. The van der Waals surface area contributed by atoms with E-state index in [1.807, 2.05) is 12.1 Å². The Morgan fingerprint density at radius 1 is 1.41 bits per heavy atom. The summed E-state index contributed by atoms with van der Waals surface area (Å²) in [6, 6.07) is 7.31. The summed E-state index contributed by atoms with van der Waals surface area (Å²) in [4.78, 5) is 4.38. The van der Waals surface area contributed by atoms with Crippen molar-refractivity contribution in [2.75, 3.05) is 5.88 Å². The average Bonchev–Trinajstić information content (AvgIpc) is 2.30. The molecule has 0 bridgehead atoms. The second-order valence-corrected chi connectivity index (χ2v) is 5.73. The molecule has 4 heteroatoms. The molecule has 17 heavy (non-hydrogen) atoms. The van der Waals surface area contributed by atoms with Crippen LogP contribution in [-0.2, 0) is 0 Å². The van der Waals surface area contributed by atoms with E-state index in [0.717, 1.165) is 22.2 Å². The number of pyridine rings is 1. The first-order chi connectivity index (χ1) is 8.20. The smallest absolute Gasteiger partial charge is 0.116 e. The molecule has 2 aromatic rings. The molecule has 1 unspecified atom stereocenters. The highest BCUT2D eigenvalue weighted by molar-refractivity contribution is 8.00. The summed E-state index contributed by atoms with van der Waals surface area (Å²) in [5.74, 6) is 0.932. The van der Waals surface area contributed by atoms with Gasteiger partial charge >= 0.3 is 0 Å². The zero-order valence-corrected chi connectivity index (χ0v) is 11.1. The fourth-order valence-corrected chi connectivity index (χ4v) is 3.13. The minimum Gasteiger partial charge on any atom is -0.508 e. The molecule has 0 fully saturated rings. The van der Waals surface area contributed by atoms with Crippen molar-refractivity contribution in [3.63, 3.8) is 0 Å². The normalized spacial score (nSPS) is 12.8. The molecular formula is C13H14ClNOS. The SMILES string of the molecule is CC(CCCl)Sc1nccc2ccc(O)cc12. The molecule has 0 saturated carbocycles. The molecule has 0 saturated heterocycles. The molecular weight excluding hydrogens is 254 g/mol. The molecule has 90 valence electrons. The number of nitrogens with zero attached hydrogens (tertiary/aromatic N) is 1. The van der Waals surface area contributed by atoms with Crippen molar-refractivity contribution in [3.05, 3.63) is 30.5 Å². The first-order valence-electron chi connectivity index (χ1n) is 5.51. The van der Waals surface area contributed by atoms with Gasteiger partial charge in [-0.05, 0) is 30.0 Å². The van der Waals surface area contributed by atoms with Gasteiger partial charge in [0.05, 0.1) is 0 Å². The Balaban J connectivity index is 2.36. The van der Waals surface area contributed by atoms with Crippen LogP contribution in [0, 0.1) is 0 Å². The van der Waals surface area contributed by atoms with Crippen LogP contribution in [0.3, 0.4) is 0 Å². The number of phenolic OH excluding ortho intramolecular Hbond substituents is 1. The lowest BCUT2D eigenvalue weighted by Gasteiger charge is -2.10. The van der Waals surface area contributed by atoms with E-state index in [2.05, 4.69) is 11.9 Å². The monoisotopic (exact) mass is 267 g/mol. The van der Waals surface area contributed by atoms with Crippen molar-refractivity contribution in [1.82, 2.24) is 4.98 Å². The van der Waals surface area contributed by atoms with Crippen LogP contribution in [0.5, 0.6) is 5.75 Å². The third-order valence-electron chi connectivity index (χ3n) is 2.54. The highest BCUT2D eigenvalue weighted by Gasteiger charge is 2.09. The van der Waals surface area contributed by atoms with Crippen molar-refractivity contribution < 1.29 is 5.11 Å². The minimum absolute atomic E-state index is 0.275. The maximum Gasteiger partial charge on any atom is 0.116 e. The summed E-state index contributed by atoms with van der Waals surface area (Å²) in [5.41, 5.74) is 0. The Bertz CT molecular complexity index is 518. The molecule has 2 nitrogen and oxygen atoms in total. The van der Waals surface area contributed by atoms with Crippen molar-refractivity contribution in [3.8, 4) is 5.75 Å². The van der Waals surface area contributed by atoms with Gasteiger partial charge in [-0.1, -0.05) is 13.0 Å². The van der Waals surface area contributed by atoms with E-state index < -0.39 is 0 Å². The number of phenols is 1. The molecule has 0 spiro atoms. The zero-order chi connectivity index (χ0) is 12.3. The predicted octanol–water partition coefficient (Wildman–Crippen LogP) is 4.05. The highest BCUT2D eigenvalue weighted by atomic mass is 35.5. The van der Waals surface area contributed by atoms with Gasteiger partial charge in [0, 0.05) is 22.7 Å². The van der Waals surface area contributed by atoms with Crippen molar-refractivity contribution in [2.45, 2.75) is 23.6 Å². The van der Waals surface area contributed by atoms with E-state index in [1.165, 1.54) is 0 Å². The van der Waals surface area contributed by atoms with E-state index in [0.29, 0.717) is 11.1 Å². The largest absolute Gasteiger partial charge is 0.508 e. The number of aromatic nitrogens is 1. The molecule has 1 heterocycles. The van der Waals surface area contributed by atoms with Gasteiger partial charge in [0.15, 0.2) is 0 Å². The molecule has 0 radical (unpaired) electrons. The molecule has 2 rings (SSSR count). The van der Waals surface area contributed by atoms with E-state index in [4.69, 9.17) is 11.6 Å². The fraction of sp³-hybridized carbons (Fsp3) is 0.308. The van der Waals surface area contributed by atoms with Crippen molar-refractivity contribution >= 4 is 34.1 Å².